The van der Waals surface area contributed by atoms with E-state index in [0.29, 0.717) is 24.5 Å². The fourth-order valence-corrected chi connectivity index (χ4v) is 2.38. The number of Topliss-reactive ketones (excluding diaryl/α,β-unsaturated/α-hetero) is 1. The number of carbonyl (C=O) groups is 1. The Morgan fingerprint density at radius 2 is 1.88 bits per heavy atom. The summed E-state index contributed by atoms with van der Waals surface area (Å²) in [6.07, 6.45) is 0. The average molecular weight is 226 g/mol. The molecule has 0 radical (unpaired) electrons. The summed E-state index contributed by atoms with van der Waals surface area (Å²) in [6.45, 7) is 0.824. The number of ketones is 1. The predicted octanol–water partition coefficient (Wildman–Crippen LogP) is 2.18. The first-order valence-corrected chi connectivity index (χ1v) is 5.63. The number of hydrogen-bond donors (Lipinski definition) is 0. The van der Waals surface area contributed by atoms with Crippen LogP contribution in [0.4, 0.5) is 0 Å². The fraction of sp³-hybridized carbons (Fsp3) is 0.214. The Morgan fingerprint density at radius 1 is 1.06 bits per heavy atom. The maximum absolute atomic E-state index is 12.2. The second-order valence-corrected chi connectivity index (χ2v) is 4.56. The number of rotatable bonds is 0. The van der Waals surface area contributed by atoms with Gasteiger partial charge in [0, 0.05) is 5.39 Å². The van der Waals surface area contributed by atoms with Gasteiger partial charge in [0.15, 0.2) is 5.60 Å². The van der Waals surface area contributed by atoms with Gasteiger partial charge >= 0.3 is 0 Å². The van der Waals surface area contributed by atoms with Crippen LogP contribution in [0.15, 0.2) is 36.4 Å². The monoisotopic (exact) mass is 226 g/mol. The van der Waals surface area contributed by atoms with Gasteiger partial charge < -0.3 is 9.47 Å². The van der Waals surface area contributed by atoms with Crippen LogP contribution < -0.4 is 4.74 Å². The van der Waals surface area contributed by atoms with Crippen molar-refractivity contribution in [3.8, 4) is 5.75 Å². The van der Waals surface area contributed by atoms with E-state index in [1.54, 1.807) is 0 Å². The van der Waals surface area contributed by atoms with Crippen LogP contribution in [-0.2, 0) is 4.74 Å². The lowest BCUT2D eigenvalue weighted by atomic mass is 9.93. The van der Waals surface area contributed by atoms with Crippen LogP contribution in [0, 0.1) is 0 Å². The van der Waals surface area contributed by atoms with Crippen LogP contribution in [0.25, 0.3) is 10.8 Å². The Bertz CT molecular complexity index is 641. The SMILES string of the molecule is O=C1c2ccc3ccccc3c2OCC12CO2. The molecule has 2 aliphatic rings. The van der Waals surface area contributed by atoms with E-state index in [1.165, 1.54) is 0 Å². The molecule has 0 aliphatic carbocycles. The van der Waals surface area contributed by atoms with Crippen LogP contribution in [0.2, 0.25) is 0 Å². The van der Waals surface area contributed by atoms with Crippen molar-refractivity contribution in [2.45, 2.75) is 5.60 Å². The Hall–Kier alpha value is -1.87. The van der Waals surface area contributed by atoms with Gasteiger partial charge in [-0.2, -0.15) is 0 Å². The van der Waals surface area contributed by atoms with Crippen LogP contribution in [0.1, 0.15) is 10.4 Å². The van der Waals surface area contributed by atoms with Crippen LogP contribution in [-0.4, -0.2) is 24.6 Å². The lowest BCUT2D eigenvalue weighted by Gasteiger charge is -2.22. The first-order chi connectivity index (χ1) is 8.30. The van der Waals surface area contributed by atoms with Crippen molar-refractivity contribution in [3.63, 3.8) is 0 Å². The second kappa shape index (κ2) is 2.87. The highest BCUT2D eigenvalue weighted by atomic mass is 16.6. The van der Waals surface area contributed by atoms with Crippen molar-refractivity contribution in [2.75, 3.05) is 13.2 Å². The highest BCUT2D eigenvalue weighted by molar-refractivity contribution is 6.11. The molecular formula is C14H10O3. The third kappa shape index (κ3) is 1.12. The van der Waals surface area contributed by atoms with Crippen molar-refractivity contribution in [3.05, 3.63) is 42.0 Å². The maximum Gasteiger partial charge on any atom is 0.204 e. The molecule has 2 heterocycles. The molecule has 0 bridgehead atoms. The Morgan fingerprint density at radius 3 is 2.71 bits per heavy atom. The van der Waals surface area contributed by atoms with Gasteiger partial charge in [0.05, 0.1) is 12.2 Å². The zero-order valence-corrected chi connectivity index (χ0v) is 9.10. The summed E-state index contributed by atoms with van der Waals surface area (Å²) in [5.74, 6) is 0.763. The summed E-state index contributed by atoms with van der Waals surface area (Å²) >= 11 is 0. The molecule has 0 aromatic heterocycles. The zero-order valence-electron chi connectivity index (χ0n) is 9.10. The van der Waals surface area contributed by atoms with E-state index in [0.717, 1.165) is 10.8 Å². The summed E-state index contributed by atoms with van der Waals surface area (Å²) in [5.41, 5.74) is -0.0254. The van der Waals surface area contributed by atoms with Crippen molar-refractivity contribution in [2.24, 2.45) is 0 Å². The summed E-state index contributed by atoms with van der Waals surface area (Å²) < 4.78 is 11.0. The van der Waals surface area contributed by atoms with Crippen molar-refractivity contribution in [1.29, 1.82) is 0 Å². The molecular weight excluding hydrogens is 216 g/mol. The van der Waals surface area contributed by atoms with Gasteiger partial charge in [0.25, 0.3) is 0 Å². The molecule has 3 nitrogen and oxygen atoms in total. The van der Waals surface area contributed by atoms with E-state index in [-0.39, 0.29) is 5.78 Å². The summed E-state index contributed by atoms with van der Waals surface area (Å²) in [7, 11) is 0. The van der Waals surface area contributed by atoms with Gasteiger partial charge in [0.1, 0.15) is 12.4 Å². The van der Waals surface area contributed by atoms with Crippen LogP contribution in [0.3, 0.4) is 0 Å². The molecule has 1 fully saturated rings. The van der Waals surface area contributed by atoms with Crippen molar-refractivity contribution < 1.29 is 14.3 Å². The van der Waals surface area contributed by atoms with Crippen LogP contribution >= 0.6 is 0 Å². The summed E-state index contributed by atoms with van der Waals surface area (Å²) in [4.78, 5) is 12.2. The fourth-order valence-electron chi connectivity index (χ4n) is 2.38. The topological polar surface area (TPSA) is 38.8 Å². The smallest absolute Gasteiger partial charge is 0.204 e. The standard InChI is InChI=1S/C14H10O3/c15-13-11-6-5-9-3-1-2-4-10(9)12(11)16-7-14(13)8-17-14/h1-6H,7-8H2. The predicted molar refractivity (Wildman–Crippen MR) is 62.5 cm³/mol. The maximum atomic E-state index is 12.2. The third-order valence-corrected chi connectivity index (χ3v) is 3.48. The number of carbonyl (C=O) groups excluding carboxylic acids is 1. The lowest BCUT2D eigenvalue weighted by molar-refractivity contribution is 0.0758. The zero-order chi connectivity index (χ0) is 11.5. The minimum atomic E-state index is -0.671. The number of hydrogen-bond acceptors (Lipinski definition) is 3. The number of benzene rings is 2. The Labute approximate surface area is 97.9 Å². The van der Waals surface area contributed by atoms with E-state index >= 15 is 0 Å². The second-order valence-electron chi connectivity index (χ2n) is 4.56. The number of fused-ring (bicyclic) bond motifs is 3. The molecule has 84 valence electrons. The van der Waals surface area contributed by atoms with Gasteiger partial charge in [-0.15, -0.1) is 0 Å². The molecule has 0 amide bonds. The van der Waals surface area contributed by atoms with E-state index in [9.17, 15) is 4.79 Å². The molecule has 2 aliphatic heterocycles. The number of epoxide rings is 1. The molecule has 17 heavy (non-hydrogen) atoms. The van der Waals surface area contributed by atoms with E-state index in [2.05, 4.69) is 0 Å². The molecule has 4 rings (SSSR count). The molecule has 2 aromatic rings. The minimum Gasteiger partial charge on any atom is -0.489 e. The average Bonchev–Trinajstić information content (AvgIpc) is 3.15. The van der Waals surface area contributed by atoms with E-state index in [1.807, 2.05) is 36.4 Å². The summed E-state index contributed by atoms with van der Waals surface area (Å²) in [6, 6.07) is 11.7. The molecule has 1 atom stereocenters. The molecule has 0 saturated carbocycles. The quantitative estimate of drug-likeness (QED) is 0.646. The molecule has 1 spiro atoms. The van der Waals surface area contributed by atoms with Crippen molar-refractivity contribution in [1.82, 2.24) is 0 Å². The molecule has 1 saturated heterocycles. The van der Waals surface area contributed by atoms with Gasteiger partial charge in [0.2, 0.25) is 5.78 Å². The highest BCUT2D eigenvalue weighted by Gasteiger charge is 2.56. The normalized spacial score (nSPS) is 25.8. The van der Waals surface area contributed by atoms with Crippen molar-refractivity contribution >= 4 is 16.6 Å². The largest absolute Gasteiger partial charge is 0.489 e. The first kappa shape index (κ1) is 9.19. The van der Waals surface area contributed by atoms with Gasteiger partial charge in [-0.1, -0.05) is 30.3 Å². The summed E-state index contributed by atoms with van der Waals surface area (Å²) in [5, 5.41) is 2.08. The first-order valence-electron chi connectivity index (χ1n) is 5.63. The van der Waals surface area contributed by atoms with Gasteiger partial charge in [-0.3, -0.25) is 4.79 Å². The Kier molecular flexibility index (Phi) is 1.55. The van der Waals surface area contributed by atoms with Gasteiger partial charge in [-0.05, 0) is 11.5 Å². The van der Waals surface area contributed by atoms with E-state index in [4.69, 9.17) is 9.47 Å². The van der Waals surface area contributed by atoms with Crippen LogP contribution in [0.5, 0.6) is 5.75 Å². The lowest BCUT2D eigenvalue weighted by Crippen LogP contribution is -2.36. The van der Waals surface area contributed by atoms with Gasteiger partial charge in [-0.25, -0.2) is 0 Å². The molecule has 3 heteroatoms. The van der Waals surface area contributed by atoms with E-state index < -0.39 is 5.60 Å². The third-order valence-electron chi connectivity index (χ3n) is 3.48. The molecule has 2 aromatic carbocycles. The molecule has 0 N–H and O–H groups in total. The Balaban J connectivity index is 2.01. The number of ether oxygens (including phenoxy) is 2. The molecule has 1 unspecified atom stereocenters. The minimum absolute atomic E-state index is 0.0597. The highest BCUT2D eigenvalue weighted by Crippen LogP contribution is 2.42.